The lowest BCUT2D eigenvalue weighted by Crippen LogP contribution is -2.49. The van der Waals surface area contributed by atoms with E-state index >= 15 is 0 Å². The maximum atomic E-state index is 13.1. The number of amides is 2. The molecule has 2 amide bonds. The fraction of sp³-hybridized carbons (Fsp3) is 0.448. The van der Waals surface area contributed by atoms with Crippen LogP contribution < -0.4 is 14.4 Å². The van der Waals surface area contributed by atoms with Crippen LogP contribution in [0.5, 0.6) is 11.5 Å². The summed E-state index contributed by atoms with van der Waals surface area (Å²) in [6, 6.07) is 12.5. The summed E-state index contributed by atoms with van der Waals surface area (Å²) in [4.78, 5) is 53.9. The van der Waals surface area contributed by atoms with Crippen LogP contribution in [0.15, 0.2) is 42.5 Å². The van der Waals surface area contributed by atoms with E-state index in [0.29, 0.717) is 48.7 Å². The number of aryl methyl sites for hydroxylation is 1. The normalized spacial score (nSPS) is 16.9. The van der Waals surface area contributed by atoms with Crippen molar-refractivity contribution in [3.63, 3.8) is 0 Å². The predicted octanol–water partition coefficient (Wildman–Crippen LogP) is 3.43. The Kier molecular flexibility index (Phi) is 8.99. The molecule has 2 aliphatic rings. The third-order valence-corrected chi connectivity index (χ3v) is 6.74. The first-order valence-electron chi connectivity index (χ1n) is 13.2. The summed E-state index contributed by atoms with van der Waals surface area (Å²) < 4.78 is 16.3. The molecule has 0 radical (unpaired) electrons. The Morgan fingerprint density at radius 2 is 1.87 bits per heavy atom. The lowest BCUT2D eigenvalue weighted by Gasteiger charge is -2.34. The number of ketones is 1. The van der Waals surface area contributed by atoms with Crippen LogP contribution in [-0.4, -0.2) is 67.9 Å². The average Bonchev–Trinajstić information content (AvgIpc) is 2.94. The molecular formula is C29H34N2O7. The Morgan fingerprint density at radius 1 is 1.08 bits per heavy atom. The number of fused-ring (bicyclic) bond motifs is 1. The molecular weight excluding hydrogens is 488 g/mol. The first kappa shape index (κ1) is 27.2. The van der Waals surface area contributed by atoms with Gasteiger partial charge in [0.1, 0.15) is 18.0 Å². The molecule has 202 valence electrons. The number of Topliss-reactive ketones (excluding diaryl/α,β-unsaturated/α-hetero) is 1. The van der Waals surface area contributed by atoms with Gasteiger partial charge in [-0.25, -0.2) is 0 Å². The van der Waals surface area contributed by atoms with Crippen molar-refractivity contribution in [2.75, 3.05) is 44.4 Å². The Balaban J connectivity index is 1.42. The van der Waals surface area contributed by atoms with Gasteiger partial charge >= 0.3 is 5.97 Å². The minimum Gasteiger partial charge on any atom is -0.485 e. The highest BCUT2D eigenvalue weighted by Gasteiger charge is 2.33. The van der Waals surface area contributed by atoms with Gasteiger partial charge < -0.3 is 19.1 Å². The zero-order valence-electron chi connectivity index (χ0n) is 21.9. The number of hydrogen-bond acceptors (Lipinski definition) is 7. The molecule has 0 N–H and O–H groups in total. The van der Waals surface area contributed by atoms with Crippen molar-refractivity contribution in [3.05, 3.63) is 53.6 Å². The molecule has 2 aromatic carbocycles. The second-order valence-electron chi connectivity index (χ2n) is 9.49. The summed E-state index contributed by atoms with van der Waals surface area (Å²) in [5.41, 5.74) is 1.92. The fourth-order valence-electron chi connectivity index (χ4n) is 4.71. The number of ether oxygens (including phenoxy) is 3. The second-order valence-corrected chi connectivity index (χ2v) is 9.49. The van der Waals surface area contributed by atoms with Crippen LogP contribution in [0.2, 0.25) is 0 Å². The third-order valence-electron chi connectivity index (χ3n) is 6.74. The summed E-state index contributed by atoms with van der Waals surface area (Å²) in [6.07, 6.45) is 3.39. The maximum Gasteiger partial charge on any atom is 0.310 e. The smallest absolute Gasteiger partial charge is 0.310 e. The number of nitrogens with zero attached hydrogens (tertiary/aromatic N) is 2. The van der Waals surface area contributed by atoms with E-state index in [1.807, 2.05) is 24.3 Å². The summed E-state index contributed by atoms with van der Waals surface area (Å²) in [5, 5.41) is 0. The molecule has 38 heavy (non-hydrogen) atoms. The van der Waals surface area contributed by atoms with Crippen LogP contribution in [0.4, 0.5) is 5.69 Å². The summed E-state index contributed by atoms with van der Waals surface area (Å²) in [5.74, 6) is -0.561. The molecule has 9 nitrogen and oxygen atoms in total. The maximum absolute atomic E-state index is 13.1. The molecule has 1 atom stereocenters. The first-order valence-corrected chi connectivity index (χ1v) is 13.2. The van der Waals surface area contributed by atoms with Crippen molar-refractivity contribution in [1.29, 1.82) is 0 Å². The monoisotopic (exact) mass is 522 g/mol. The van der Waals surface area contributed by atoms with Crippen LogP contribution in [-0.2, 0) is 25.5 Å². The molecule has 0 unspecified atom stereocenters. The van der Waals surface area contributed by atoms with Crippen molar-refractivity contribution >= 4 is 29.3 Å². The van der Waals surface area contributed by atoms with Gasteiger partial charge in [-0.3, -0.25) is 24.1 Å². The van der Waals surface area contributed by atoms with E-state index in [-0.39, 0.29) is 55.8 Å². The molecule has 2 aromatic rings. The van der Waals surface area contributed by atoms with Gasteiger partial charge in [0.25, 0.3) is 5.91 Å². The van der Waals surface area contributed by atoms with E-state index < -0.39 is 0 Å². The quantitative estimate of drug-likeness (QED) is 0.348. The fourth-order valence-corrected chi connectivity index (χ4v) is 4.71. The number of esters is 1. The van der Waals surface area contributed by atoms with Crippen LogP contribution in [0, 0.1) is 5.92 Å². The van der Waals surface area contributed by atoms with Gasteiger partial charge in [-0.2, -0.15) is 0 Å². The number of carbonyl (C=O) groups excluding carboxylic acids is 4. The Labute approximate surface area is 222 Å². The van der Waals surface area contributed by atoms with Crippen molar-refractivity contribution < 1.29 is 33.4 Å². The molecule has 0 saturated carbocycles. The van der Waals surface area contributed by atoms with Crippen LogP contribution >= 0.6 is 0 Å². The van der Waals surface area contributed by atoms with Gasteiger partial charge in [-0.1, -0.05) is 25.5 Å². The van der Waals surface area contributed by atoms with Gasteiger partial charge in [-0.05, 0) is 62.1 Å². The largest absolute Gasteiger partial charge is 0.485 e. The van der Waals surface area contributed by atoms with Crippen molar-refractivity contribution in [3.8, 4) is 11.5 Å². The highest BCUT2D eigenvalue weighted by Crippen LogP contribution is 2.33. The lowest BCUT2D eigenvalue weighted by molar-refractivity contribution is -0.151. The number of benzene rings is 2. The van der Waals surface area contributed by atoms with Crippen molar-refractivity contribution in [2.45, 2.75) is 39.5 Å². The first-order chi connectivity index (χ1) is 18.4. The Hall–Kier alpha value is -3.88. The predicted molar refractivity (Wildman–Crippen MR) is 140 cm³/mol. The molecule has 9 heteroatoms. The van der Waals surface area contributed by atoms with Crippen molar-refractivity contribution in [1.82, 2.24) is 4.90 Å². The van der Waals surface area contributed by atoms with Gasteiger partial charge in [0.2, 0.25) is 5.91 Å². The third kappa shape index (κ3) is 6.51. The molecule has 0 spiro atoms. The molecule has 2 heterocycles. The molecule has 0 bridgehead atoms. The zero-order valence-corrected chi connectivity index (χ0v) is 21.9. The van der Waals surface area contributed by atoms with E-state index in [4.69, 9.17) is 14.2 Å². The second kappa shape index (κ2) is 12.6. The molecule has 1 saturated heterocycles. The minimum absolute atomic E-state index is 0.164. The topological polar surface area (TPSA) is 102 Å². The van der Waals surface area contributed by atoms with E-state index in [1.54, 1.807) is 30.0 Å². The van der Waals surface area contributed by atoms with Gasteiger partial charge in [-0.15, -0.1) is 0 Å². The van der Waals surface area contributed by atoms with E-state index in [9.17, 15) is 19.2 Å². The summed E-state index contributed by atoms with van der Waals surface area (Å²) in [6.45, 7) is 4.36. The molecule has 2 aliphatic heterocycles. The summed E-state index contributed by atoms with van der Waals surface area (Å²) in [7, 11) is 0. The average molecular weight is 523 g/mol. The van der Waals surface area contributed by atoms with Gasteiger partial charge in [0.15, 0.2) is 19.0 Å². The number of carbonyl (C=O) groups is 4. The standard InChI is InChI=1S/C29H34N2O7/c1-3-6-20-8-11-23(12-9-20)37-18-25(32)21-10-13-26-24(15-21)31(28(34)19-38-26)17-27(33)30-14-5-7-22(16-30)29(35)36-4-2/h8-13,15,22H,3-7,14,16-19H2,1-2H3/t22-/m1/s1. The highest BCUT2D eigenvalue weighted by molar-refractivity contribution is 6.04. The summed E-state index contributed by atoms with van der Waals surface area (Å²) >= 11 is 0. The molecule has 4 rings (SSSR count). The van der Waals surface area contributed by atoms with E-state index in [0.717, 1.165) is 12.8 Å². The SMILES string of the molecule is CCCc1ccc(OCC(=O)c2ccc3c(c2)N(CC(=O)N2CCC[C@@H](C(=O)OCC)C2)C(=O)CO3)cc1. The number of hydrogen-bond donors (Lipinski definition) is 0. The van der Waals surface area contributed by atoms with E-state index in [1.165, 1.54) is 10.5 Å². The number of rotatable bonds is 10. The Morgan fingerprint density at radius 3 is 2.61 bits per heavy atom. The van der Waals surface area contributed by atoms with Crippen molar-refractivity contribution in [2.24, 2.45) is 5.92 Å². The Bertz CT molecular complexity index is 1180. The minimum atomic E-state index is -0.377. The van der Waals surface area contributed by atoms with Gasteiger partial charge in [0.05, 0.1) is 18.2 Å². The lowest BCUT2D eigenvalue weighted by atomic mass is 9.98. The number of likely N-dealkylation sites (tertiary alicyclic amines) is 1. The molecule has 0 aromatic heterocycles. The van der Waals surface area contributed by atoms with Crippen LogP contribution in [0.25, 0.3) is 0 Å². The molecule has 1 fully saturated rings. The number of anilines is 1. The zero-order chi connectivity index (χ0) is 27.1. The number of piperidine rings is 1. The van der Waals surface area contributed by atoms with Crippen LogP contribution in [0.3, 0.4) is 0 Å². The molecule has 0 aliphatic carbocycles. The van der Waals surface area contributed by atoms with Crippen LogP contribution in [0.1, 0.15) is 49.0 Å². The highest BCUT2D eigenvalue weighted by atomic mass is 16.5. The van der Waals surface area contributed by atoms with E-state index in [2.05, 4.69) is 6.92 Å². The van der Waals surface area contributed by atoms with Gasteiger partial charge in [0, 0.05) is 18.7 Å².